The molecule has 0 saturated heterocycles. The maximum absolute atomic E-state index is 13.1. The van der Waals surface area contributed by atoms with E-state index in [-0.39, 0.29) is 40.4 Å². The van der Waals surface area contributed by atoms with Crippen molar-refractivity contribution in [1.29, 1.82) is 0 Å². The maximum Gasteiger partial charge on any atom is 0.208 e. The highest BCUT2D eigenvalue weighted by atomic mass is 16.3. The van der Waals surface area contributed by atoms with Crippen molar-refractivity contribution in [1.82, 2.24) is 4.98 Å². The van der Waals surface area contributed by atoms with Crippen LogP contribution in [0.25, 0.3) is 22.6 Å². The summed E-state index contributed by atoms with van der Waals surface area (Å²) in [5.41, 5.74) is 8.69. The average molecular weight is 404 g/mol. The lowest BCUT2D eigenvalue weighted by molar-refractivity contribution is 0.0850. The molecular formula is C24H24N2O4. The van der Waals surface area contributed by atoms with E-state index in [2.05, 4.69) is 0 Å². The normalized spacial score (nSPS) is 17.1. The Morgan fingerprint density at radius 2 is 1.67 bits per heavy atom. The molecule has 1 aliphatic heterocycles. The van der Waals surface area contributed by atoms with Crippen molar-refractivity contribution in [2.45, 2.75) is 52.4 Å². The molecule has 30 heavy (non-hydrogen) atoms. The molecule has 0 atom stereocenters. The van der Waals surface area contributed by atoms with E-state index in [1.54, 1.807) is 13.0 Å². The SMILES string of the molecule is Cc1c2oc3c(C)ccc(C(=O)C4CCC4)c3nc-2c(C(=O)C2CCC2)c(N)c1=O. The maximum atomic E-state index is 13.1. The fraction of sp³-hybridized carbons (Fsp3) is 0.417. The minimum Gasteiger partial charge on any atom is -0.452 e. The number of carbonyl (C=O) groups excluding carboxylic acids is 2. The van der Waals surface area contributed by atoms with Crippen molar-refractivity contribution in [2.24, 2.45) is 11.8 Å². The van der Waals surface area contributed by atoms with E-state index in [1.165, 1.54) is 0 Å². The van der Waals surface area contributed by atoms with Crippen molar-refractivity contribution in [2.75, 3.05) is 5.73 Å². The first-order chi connectivity index (χ1) is 14.4. The van der Waals surface area contributed by atoms with E-state index in [0.29, 0.717) is 27.9 Å². The Hall–Kier alpha value is -3.02. The number of hydrogen-bond acceptors (Lipinski definition) is 6. The highest BCUT2D eigenvalue weighted by Gasteiger charge is 2.35. The number of nitrogens with two attached hydrogens (primary N) is 1. The largest absolute Gasteiger partial charge is 0.452 e. The number of nitrogen functional groups attached to an aromatic ring is 1. The van der Waals surface area contributed by atoms with Crippen LogP contribution in [0.2, 0.25) is 0 Å². The number of nitrogens with zero attached hydrogens (tertiary/aromatic N) is 1. The number of aromatic nitrogens is 1. The van der Waals surface area contributed by atoms with Crippen LogP contribution in [-0.4, -0.2) is 16.6 Å². The van der Waals surface area contributed by atoms with Crippen LogP contribution in [0.3, 0.4) is 0 Å². The average Bonchev–Trinajstić information content (AvgIpc) is 2.63. The van der Waals surface area contributed by atoms with Gasteiger partial charge >= 0.3 is 0 Å². The zero-order chi connectivity index (χ0) is 21.2. The molecule has 5 rings (SSSR count). The van der Waals surface area contributed by atoms with Gasteiger partial charge in [0, 0.05) is 23.0 Å². The predicted molar refractivity (Wildman–Crippen MR) is 114 cm³/mol. The molecular weight excluding hydrogens is 380 g/mol. The molecule has 2 saturated carbocycles. The summed E-state index contributed by atoms with van der Waals surface area (Å²) in [6, 6.07) is 3.63. The lowest BCUT2D eigenvalue weighted by Gasteiger charge is -2.26. The fourth-order valence-corrected chi connectivity index (χ4v) is 4.41. The van der Waals surface area contributed by atoms with E-state index in [1.807, 2.05) is 13.0 Å². The molecule has 1 heterocycles. The quantitative estimate of drug-likeness (QED) is 0.391. The first-order valence-electron chi connectivity index (χ1n) is 10.6. The van der Waals surface area contributed by atoms with Gasteiger partial charge in [0.05, 0.1) is 11.3 Å². The second kappa shape index (κ2) is 6.76. The third-order valence-electron chi connectivity index (χ3n) is 6.87. The summed E-state index contributed by atoms with van der Waals surface area (Å²) in [4.78, 5) is 43.7. The minimum atomic E-state index is -0.394. The van der Waals surface area contributed by atoms with E-state index in [9.17, 15) is 14.4 Å². The molecule has 0 unspecified atom stereocenters. The minimum absolute atomic E-state index is 0.0142. The molecule has 0 radical (unpaired) electrons. The third-order valence-corrected chi connectivity index (χ3v) is 6.87. The smallest absolute Gasteiger partial charge is 0.208 e. The van der Waals surface area contributed by atoms with E-state index < -0.39 is 5.43 Å². The van der Waals surface area contributed by atoms with Crippen molar-refractivity contribution < 1.29 is 14.0 Å². The highest BCUT2D eigenvalue weighted by Crippen LogP contribution is 2.39. The Bertz CT molecular complexity index is 1250. The molecule has 2 N–H and O–H groups in total. The van der Waals surface area contributed by atoms with Crippen LogP contribution in [0.15, 0.2) is 21.3 Å². The Balaban J connectivity index is 1.84. The van der Waals surface area contributed by atoms with Crippen LogP contribution in [0.5, 0.6) is 0 Å². The summed E-state index contributed by atoms with van der Waals surface area (Å²) in [7, 11) is 0. The van der Waals surface area contributed by atoms with Crippen molar-refractivity contribution in [3.8, 4) is 11.5 Å². The summed E-state index contributed by atoms with van der Waals surface area (Å²) in [6.07, 6.45) is 5.40. The van der Waals surface area contributed by atoms with Gasteiger partial charge in [-0.05, 0) is 51.2 Å². The number of rotatable bonds is 4. The van der Waals surface area contributed by atoms with Crippen molar-refractivity contribution >= 4 is 28.4 Å². The highest BCUT2D eigenvalue weighted by molar-refractivity contribution is 6.11. The fourth-order valence-electron chi connectivity index (χ4n) is 4.41. The van der Waals surface area contributed by atoms with Crippen molar-refractivity contribution in [3.63, 3.8) is 0 Å². The number of carbonyl (C=O) groups is 2. The number of anilines is 1. The van der Waals surface area contributed by atoms with Crippen LogP contribution < -0.4 is 11.2 Å². The molecule has 0 amide bonds. The number of ketones is 2. The van der Waals surface area contributed by atoms with Gasteiger partial charge in [0.1, 0.15) is 11.2 Å². The summed E-state index contributed by atoms with van der Waals surface area (Å²) in [6.45, 7) is 3.51. The summed E-state index contributed by atoms with van der Waals surface area (Å²) in [5.74, 6) is 0.0671. The zero-order valence-corrected chi connectivity index (χ0v) is 17.2. The Morgan fingerprint density at radius 1 is 1.03 bits per heavy atom. The van der Waals surface area contributed by atoms with E-state index >= 15 is 0 Å². The first-order valence-corrected chi connectivity index (χ1v) is 10.6. The standard InChI is InChI=1S/C24H24N2O4/c1-11-9-10-15(21(28)13-5-3-6-13)18-23(11)30-24-12(2)20(27)17(25)16(19(24)26-18)22(29)14-7-4-8-14/h9-10,13-14H,3-8,25H2,1-2H3. The van der Waals surface area contributed by atoms with E-state index in [0.717, 1.165) is 44.1 Å². The molecule has 6 nitrogen and oxygen atoms in total. The van der Waals surface area contributed by atoms with Crippen LogP contribution >= 0.6 is 0 Å². The summed E-state index contributed by atoms with van der Waals surface area (Å²) in [5, 5.41) is 0. The van der Waals surface area contributed by atoms with Gasteiger partial charge in [-0.25, -0.2) is 4.98 Å². The van der Waals surface area contributed by atoms with Crippen LogP contribution in [0, 0.1) is 25.7 Å². The molecule has 0 spiro atoms. The summed E-state index contributed by atoms with van der Waals surface area (Å²) >= 11 is 0. The number of fused-ring (bicyclic) bond motifs is 2. The van der Waals surface area contributed by atoms with Gasteiger partial charge in [0.25, 0.3) is 0 Å². The molecule has 3 aliphatic carbocycles. The predicted octanol–water partition coefficient (Wildman–Crippen LogP) is 4.46. The monoisotopic (exact) mass is 404 g/mol. The number of Topliss-reactive ketones (excluding diaryl/α,β-unsaturated/α-hetero) is 2. The van der Waals surface area contributed by atoms with Crippen LogP contribution in [0.1, 0.15) is 70.4 Å². The van der Waals surface area contributed by atoms with Gasteiger partial charge < -0.3 is 10.2 Å². The van der Waals surface area contributed by atoms with Gasteiger partial charge in [-0.1, -0.05) is 18.9 Å². The molecule has 1 aromatic rings. The van der Waals surface area contributed by atoms with Gasteiger partial charge in [0.2, 0.25) is 5.43 Å². The molecule has 6 heteroatoms. The van der Waals surface area contributed by atoms with Gasteiger partial charge in [-0.2, -0.15) is 0 Å². The van der Waals surface area contributed by atoms with Gasteiger partial charge in [-0.15, -0.1) is 0 Å². The molecule has 2 fully saturated rings. The molecule has 1 aromatic carbocycles. The number of aryl methyl sites for hydroxylation is 1. The zero-order valence-electron chi connectivity index (χ0n) is 17.2. The molecule has 154 valence electrons. The third kappa shape index (κ3) is 2.62. The second-order valence-corrected chi connectivity index (χ2v) is 8.73. The lowest BCUT2D eigenvalue weighted by atomic mass is 9.78. The van der Waals surface area contributed by atoms with Crippen molar-refractivity contribution in [3.05, 3.63) is 44.6 Å². The Morgan fingerprint density at radius 3 is 2.27 bits per heavy atom. The van der Waals surface area contributed by atoms with E-state index in [4.69, 9.17) is 15.1 Å². The second-order valence-electron chi connectivity index (χ2n) is 8.73. The topological polar surface area (TPSA) is 103 Å². The summed E-state index contributed by atoms with van der Waals surface area (Å²) < 4.78 is 6.17. The molecule has 4 aliphatic rings. The lowest BCUT2D eigenvalue weighted by Crippen LogP contribution is -2.28. The Labute approximate surface area is 173 Å². The van der Waals surface area contributed by atoms with Gasteiger partial charge in [-0.3, -0.25) is 14.4 Å². The van der Waals surface area contributed by atoms with Gasteiger partial charge in [0.15, 0.2) is 22.9 Å². The molecule has 0 bridgehead atoms. The van der Waals surface area contributed by atoms with Crippen LogP contribution in [-0.2, 0) is 0 Å². The number of benzene rings is 2. The van der Waals surface area contributed by atoms with Crippen LogP contribution in [0.4, 0.5) is 5.69 Å². The Kier molecular flexibility index (Phi) is 4.27. The number of hydrogen-bond donors (Lipinski definition) is 1. The molecule has 0 aromatic heterocycles. The first kappa shape index (κ1) is 19.0.